The van der Waals surface area contributed by atoms with Crippen LogP contribution in [0.1, 0.15) is 26.7 Å². The van der Waals surface area contributed by atoms with E-state index in [9.17, 15) is 19.5 Å². The van der Waals surface area contributed by atoms with Gasteiger partial charge in [0, 0.05) is 45.8 Å². The molecule has 5 heterocycles. The molecule has 6 atom stereocenters. The number of carbonyl (C=O) groups is 3. The summed E-state index contributed by atoms with van der Waals surface area (Å²) in [4.78, 5) is 49.5. The molecule has 3 fully saturated rings. The fourth-order valence-electron chi connectivity index (χ4n) is 6.74. The lowest BCUT2D eigenvalue weighted by Crippen LogP contribution is -2.58. The number of carbonyl (C=O) groups excluding carboxylic acids is 3. The van der Waals surface area contributed by atoms with Crippen LogP contribution in [0.15, 0.2) is 24.3 Å². The molecule has 3 saturated heterocycles. The van der Waals surface area contributed by atoms with E-state index in [1.807, 2.05) is 38.2 Å². The van der Waals surface area contributed by atoms with Gasteiger partial charge in [0.25, 0.3) is 0 Å². The van der Waals surface area contributed by atoms with Crippen molar-refractivity contribution in [1.82, 2.24) is 19.6 Å². The summed E-state index contributed by atoms with van der Waals surface area (Å²) >= 11 is 0. The van der Waals surface area contributed by atoms with E-state index in [0.717, 1.165) is 26.1 Å². The Morgan fingerprint density at radius 3 is 2.43 bits per heavy atom. The van der Waals surface area contributed by atoms with Crippen molar-refractivity contribution in [3.63, 3.8) is 0 Å². The number of aliphatic hydroxyl groups excluding tert-OH is 1. The van der Waals surface area contributed by atoms with Crippen LogP contribution in [0.3, 0.4) is 0 Å². The first-order chi connectivity index (χ1) is 18.0. The molecule has 0 aliphatic carbocycles. The number of amides is 3. The highest BCUT2D eigenvalue weighted by molar-refractivity contribution is 6.00. The average molecular weight is 517 g/mol. The summed E-state index contributed by atoms with van der Waals surface area (Å²) in [6.45, 7) is 9.44. The van der Waals surface area contributed by atoms with E-state index < -0.39 is 35.6 Å². The molecule has 1 spiro atoms. The minimum atomic E-state index is -1.24. The standard InChI is InChI=1S/C27H40N4O6/c1-3-9-29-10-5-7-20-21(24(29)33)22-25(34)31(19(4-2)18-32)23-26(35)30(11-6-8-27(22,23)37-20)13-12-28-14-16-36-17-15-28/h5-8,19-23,32H,3-4,9-18H2,1-2H3/t19-,20-,21+,22-,23?,27-/m0/s1. The first-order valence-electron chi connectivity index (χ1n) is 13.8. The van der Waals surface area contributed by atoms with Crippen molar-refractivity contribution in [2.75, 3.05) is 65.6 Å². The van der Waals surface area contributed by atoms with Crippen LogP contribution in [0, 0.1) is 11.8 Å². The van der Waals surface area contributed by atoms with E-state index >= 15 is 0 Å². The van der Waals surface area contributed by atoms with Gasteiger partial charge in [-0.15, -0.1) is 0 Å². The number of morpholine rings is 1. The third kappa shape index (κ3) is 4.41. The summed E-state index contributed by atoms with van der Waals surface area (Å²) in [7, 11) is 0. The molecule has 5 aliphatic heterocycles. The molecule has 5 rings (SSSR count). The molecule has 5 aliphatic rings. The Morgan fingerprint density at radius 1 is 1.00 bits per heavy atom. The number of fused-ring (bicyclic) bond motifs is 2. The van der Waals surface area contributed by atoms with Crippen molar-refractivity contribution in [2.24, 2.45) is 11.8 Å². The van der Waals surface area contributed by atoms with Crippen LogP contribution in [-0.4, -0.2) is 132 Å². The van der Waals surface area contributed by atoms with Crippen LogP contribution < -0.4 is 0 Å². The maximum atomic E-state index is 14.2. The maximum absolute atomic E-state index is 14.2. The van der Waals surface area contributed by atoms with Gasteiger partial charge in [0.2, 0.25) is 17.7 Å². The third-order valence-corrected chi connectivity index (χ3v) is 8.62. The zero-order valence-electron chi connectivity index (χ0n) is 22.0. The predicted molar refractivity (Wildman–Crippen MR) is 135 cm³/mol. The van der Waals surface area contributed by atoms with Gasteiger partial charge in [-0.2, -0.15) is 0 Å². The maximum Gasteiger partial charge on any atom is 0.249 e. The average Bonchev–Trinajstić information content (AvgIpc) is 3.23. The van der Waals surface area contributed by atoms with Gasteiger partial charge < -0.3 is 29.3 Å². The minimum absolute atomic E-state index is 0.0982. The van der Waals surface area contributed by atoms with Crippen LogP contribution in [0.4, 0.5) is 0 Å². The van der Waals surface area contributed by atoms with Crippen molar-refractivity contribution in [3.8, 4) is 0 Å². The van der Waals surface area contributed by atoms with E-state index in [1.54, 1.807) is 14.7 Å². The first-order valence-corrected chi connectivity index (χ1v) is 13.8. The molecule has 0 aromatic heterocycles. The van der Waals surface area contributed by atoms with Gasteiger partial charge in [-0.3, -0.25) is 19.3 Å². The fourth-order valence-corrected chi connectivity index (χ4v) is 6.74. The second-order valence-corrected chi connectivity index (χ2v) is 10.7. The number of aliphatic hydroxyl groups is 1. The summed E-state index contributed by atoms with van der Waals surface area (Å²) in [5, 5.41) is 10.2. The second kappa shape index (κ2) is 10.8. The molecule has 0 bridgehead atoms. The predicted octanol–water partition coefficient (Wildman–Crippen LogP) is -0.123. The Morgan fingerprint density at radius 2 is 1.73 bits per heavy atom. The molecule has 0 aromatic rings. The van der Waals surface area contributed by atoms with Gasteiger partial charge in [-0.1, -0.05) is 38.2 Å². The highest BCUT2D eigenvalue weighted by Gasteiger charge is 2.72. The molecule has 1 unspecified atom stereocenters. The van der Waals surface area contributed by atoms with Gasteiger partial charge in [-0.05, 0) is 12.8 Å². The minimum Gasteiger partial charge on any atom is -0.394 e. The molecule has 10 heteroatoms. The lowest BCUT2D eigenvalue weighted by molar-refractivity contribution is -0.151. The zero-order chi connectivity index (χ0) is 26.2. The number of rotatable bonds is 8. The second-order valence-electron chi connectivity index (χ2n) is 10.7. The largest absolute Gasteiger partial charge is 0.394 e. The molecule has 0 radical (unpaired) electrons. The first kappa shape index (κ1) is 26.3. The topological polar surface area (TPSA) is 103 Å². The third-order valence-electron chi connectivity index (χ3n) is 8.62. The van der Waals surface area contributed by atoms with Crippen LogP contribution in [0.25, 0.3) is 0 Å². The quantitative estimate of drug-likeness (QED) is 0.449. The van der Waals surface area contributed by atoms with Gasteiger partial charge >= 0.3 is 0 Å². The summed E-state index contributed by atoms with van der Waals surface area (Å²) in [6.07, 6.45) is 8.36. The lowest BCUT2D eigenvalue weighted by atomic mass is 9.77. The molecule has 0 saturated carbocycles. The normalized spacial score (nSPS) is 34.9. The van der Waals surface area contributed by atoms with Gasteiger partial charge in [-0.25, -0.2) is 0 Å². The molecule has 3 amide bonds. The molecule has 37 heavy (non-hydrogen) atoms. The molecule has 1 N–H and O–H groups in total. The summed E-state index contributed by atoms with van der Waals surface area (Å²) < 4.78 is 12.1. The molecular weight excluding hydrogens is 476 g/mol. The summed E-state index contributed by atoms with van der Waals surface area (Å²) in [6, 6.07) is -1.44. The number of ether oxygens (including phenoxy) is 2. The van der Waals surface area contributed by atoms with Crippen molar-refractivity contribution < 1.29 is 29.0 Å². The number of nitrogens with zero attached hydrogens (tertiary/aromatic N) is 4. The summed E-state index contributed by atoms with van der Waals surface area (Å²) in [5.74, 6) is -2.05. The molecule has 204 valence electrons. The van der Waals surface area contributed by atoms with Crippen LogP contribution in [-0.2, 0) is 23.9 Å². The monoisotopic (exact) mass is 516 g/mol. The smallest absolute Gasteiger partial charge is 0.249 e. The Bertz CT molecular complexity index is 945. The van der Waals surface area contributed by atoms with Crippen molar-refractivity contribution in [3.05, 3.63) is 24.3 Å². The Balaban J connectivity index is 1.50. The fraction of sp³-hybridized carbons (Fsp3) is 0.741. The van der Waals surface area contributed by atoms with Gasteiger partial charge in [0.15, 0.2) is 0 Å². The van der Waals surface area contributed by atoms with Crippen LogP contribution in [0.2, 0.25) is 0 Å². The molecule has 0 aromatic carbocycles. The number of likely N-dealkylation sites (tertiary alicyclic amines) is 1. The van der Waals surface area contributed by atoms with Gasteiger partial charge in [0.1, 0.15) is 11.6 Å². The van der Waals surface area contributed by atoms with Crippen molar-refractivity contribution in [1.29, 1.82) is 0 Å². The SMILES string of the molecule is CCCN1CC=C[C@@H]2O[C@]34C=CCN(CCN5CCOCC5)C(=O)C3N([C@@H](CC)CO)C(=O)[C@@H]4[C@@H]2C1=O. The molecular formula is C27H40N4O6. The van der Waals surface area contributed by atoms with E-state index in [2.05, 4.69) is 4.90 Å². The zero-order valence-corrected chi connectivity index (χ0v) is 22.0. The summed E-state index contributed by atoms with van der Waals surface area (Å²) in [5.41, 5.74) is -1.24. The van der Waals surface area contributed by atoms with E-state index in [1.165, 1.54) is 0 Å². The Hall–Kier alpha value is -2.27. The van der Waals surface area contributed by atoms with Crippen molar-refractivity contribution >= 4 is 17.7 Å². The molecule has 10 nitrogen and oxygen atoms in total. The van der Waals surface area contributed by atoms with E-state index in [-0.39, 0.29) is 24.3 Å². The lowest BCUT2D eigenvalue weighted by Gasteiger charge is -2.38. The van der Waals surface area contributed by atoms with Crippen LogP contribution in [0.5, 0.6) is 0 Å². The van der Waals surface area contributed by atoms with Crippen LogP contribution >= 0.6 is 0 Å². The van der Waals surface area contributed by atoms with Crippen molar-refractivity contribution in [2.45, 2.75) is 50.5 Å². The highest BCUT2D eigenvalue weighted by atomic mass is 16.5. The van der Waals surface area contributed by atoms with E-state index in [4.69, 9.17) is 9.47 Å². The highest BCUT2D eigenvalue weighted by Crippen LogP contribution is 2.54. The van der Waals surface area contributed by atoms with Gasteiger partial charge in [0.05, 0.1) is 43.8 Å². The Kier molecular flexibility index (Phi) is 7.72. The Labute approximate surface area is 218 Å². The van der Waals surface area contributed by atoms with E-state index in [0.29, 0.717) is 45.8 Å². The number of hydrogen-bond acceptors (Lipinski definition) is 7. The number of hydrogen-bond donors (Lipinski definition) is 1.